The van der Waals surface area contributed by atoms with Crippen LogP contribution in [0.1, 0.15) is 43.3 Å². The summed E-state index contributed by atoms with van der Waals surface area (Å²) < 4.78 is 5.95. The van der Waals surface area contributed by atoms with Crippen LogP contribution in [0.5, 0.6) is 0 Å². The SMILES string of the molecule is CNCc1nc(COC2CCCC(C)C2)cs1. The first-order valence-electron chi connectivity index (χ1n) is 6.47. The van der Waals surface area contributed by atoms with Crippen LogP contribution in [-0.2, 0) is 17.9 Å². The van der Waals surface area contributed by atoms with Crippen molar-refractivity contribution in [2.24, 2.45) is 5.92 Å². The quantitative estimate of drug-likeness (QED) is 0.877. The maximum atomic E-state index is 5.95. The van der Waals surface area contributed by atoms with E-state index in [4.69, 9.17) is 4.74 Å². The van der Waals surface area contributed by atoms with Gasteiger partial charge in [-0.2, -0.15) is 0 Å². The summed E-state index contributed by atoms with van der Waals surface area (Å²) in [6, 6.07) is 0. The highest BCUT2D eigenvalue weighted by Crippen LogP contribution is 2.26. The highest BCUT2D eigenvalue weighted by Gasteiger charge is 2.19. The Balaban J connectivity index is 1.76. The molecule has 1 aromatic heterocycles. The molecule has 1 heterocycles. The predicted molar refractivity (Wildman–Crippen MR) is 71.1 cm³/mol. The van der Waals surface area contributed by atoms with Gasteiger partial charge in [-0.05, 0) is 25.8 Å². The van der Waals surface area contributed by atoms with Crippen LogP contribution in [0.3, 0.4) is 0 Å². The Kier molecular flexibility index (Phi) is 4.95. The Hall–Kier alpha value is -0.450. The first-order chi connectivity index (χ1) is 8.28. The normalized spacial score (nSPS) is 25.1. The number of thiazole rings is 1. The number of ether oxygens (including phenoxy) is 1. The van der Waals surface area contributed by atoms with Crippen molar-refractivity contribution in [3.63, 3.8) is 0 Å². The van der Waals surface area contributed by atoms with Crippen molar-refractivity contribution in [2.45, 2.75) is 51.9 Å². The van der Waals surface area contributed by atoms with E-state index in [1.165, 1.54) is 25.7 Å². The third-order valence-corrected chi connectivity index (χ3v) is 4.18. The van der Waals surface area contributed by atoms with E-state index in [2.05, 4.69) is 22.6 Å². The predicted octanol–water partition coefficient (Wildman–Crippen LogP) is 2.96. The average molecular weight is 254 g/mol. The molecular formula is C13H22N2OS. The maximum absolute atomic E-state index is 5.95. The van der Waals surface area contributed by atoms with Crippen LogP contribution in [0, 0.1) is 5.92 Å². The van der Waals surface area contributed by atoms with Crippen molar-refractivity contribution in [1.82, 2.24) is 10.3 Å². The van der Waals surface area contributed by atoms with Gasteiger partial charge in [0.1, 0.15) is 5.01 Å². The summed E-state index contributed by atoms with van der Waals surface area (Å²) in [4.78, 5) is 4.53. The molecule has 1 aliphatic carbocycles. The first-order valence-corrected chi connectivity index (χ1v) is 7.35. The minimum Gasteiger partial charge on any atom is -0.372 e. The number of nitrogens with zero attached hydrogens (tertiary/aromatic N) is 1. The van der Waals surface area contributed by atoms with Crippen LogP contribution < -0.4 is 5.32 Å². The highest BCUT2D eigenvalue weighted by molar-refractivity contribution is 7.09. The van der Waals surface area contributed by atoms with E-state index < -0.39 is 0 Å². The van der Waals surface area contributed by atoms with Crippen molar-refractivity contribution in [2.75, 3.05) is 7.05 Å². The molecule has 0 aliphatic heterocycles. The lowest BCUT2D eigenvalue weighted by Gasteiger charge is -2.26. The van der Waals surface area contributed by atoms with Crippen LogP contribution in [0.4, 0.5) is 0 Å². The third-order valence-electron chi connectivity index (χ3n) is 3.28. The zero-order chi connectivity index (χ0) is 12.1. The Morgan fingerprint density at radius 1 is 1.53 bits per heavy atom. The molecule has 1 saturated carbocycles. The monoisotopic (exact) mass is 254 g/mol. The van der Waals surface area contributed by atoms with Gasteiger partial charge < -0.3 is 10.1 Å². The summed E-state index contributed by atoms with van der Waals surface area (Å²) in [5.41, 5.74) is 1.08. The van der Waals surface area contributed by atoms with E-state index >= 15 is 0 Å². The van der Waals surface area contributed by atoms with Crippen LogP contribution in [0.25, 0.3) is 0 Å². The molecule has 17 heavy (non-hydrogen) atoms. The first kappa shape index (κ1) is 13.0. The molecule has 0 amide bonds. The van der Waals surface area contributed by atoms with Crippen LogP contribution in [0.2, 0.25) is 0 Å². The standard InChI is InChI=1S/C13H22N2OS/c1-10-4-3-5-12(6-10)16-8-11-9-17-13(15-11)7-14-2/h9-10,12,14H,3-8H2,1-2H3. The molecule has 96 valence electrons. The summed E-state index contributed by atoms with van der Waals surface area (Å²) in [6.45, 7) is 3.85. The van der Waals surface area contributed by atoms with E-state index in [1.54, 1.807) is 11.3 Å². The molecule has 0 aromatic carbocycles. The van der Waals surface area contributed by atoms with Crippen molar-refractivity contribution >= 4 is 11.3 Å². The third kappa shape index (κ3) is 4.05. The summed E-state index contributed by atoms with van der Waals surface area (Å²) in [5.74, 6) is 0.823. The van der Waals surface area contributed by atoms with E-state index in [0.29, 0.717) is 12.7 Å². The Bertz CT molecular complexity index is 340. The highest BCUT2D eigenvalue weighted by atomic mass is 32.1. The number of rotatable bonds is 5. The van der Waals surface area contributed by atoms with Crippen molar-refractivity contribution < 1.29 is 4.74 Å². The lowest BCUT2D eigenvalue weighted by Crippen LogP contribution is -2.21. The second-order valence-corrected chi connectivity index (χ2v) is 5.91. The Labute approximate surface area is 108 Å². The summed E-state index contributed by atoms with van der Waals surface area (Å²) >= 11 is 1.71. The maximum Gasteiger partial charge on any atom is 0.107 e. The number of hydrogen-bond acceptors (Lipinski definition) is 4. The minimum absolute atomic E-state index is 0.452. The van der Waals surface area contributed by atoms with Crippen molar-refractivity contribution in [3.8, 4) is 0 Å². The van der Waals surface area contributed by atoms with Gasteiger partial charge in [0.25, 0.3) is 0 Å². The van der Waals surface area contributed by atoms with Crippen molar-refractivity contribution in [1.29, 1.82) is 0 Å². The van der Waals surface area contributed by atoms with Crippen LogP contribution in [-0.4, -0.2) is 18.1 Å². The molecule has 1 N–H and O–H groups in total. The smallest absolute Gasteiger partial charge is 0.107 e. The van der Waals surface area contributed by atoms with Gasteiger partial charge in [0.2, 0.25) is 0 Å². The van der Waals surface area contributed by atoms with E-state index in [0.717, 1.165) is 23.2 Å². The topological polar surface area (TPSA) is 34.2 Å². The van der Waals surface area contributed by atoms with E-state index in [1.807, 2.05) is 7.05 Å². The molecule has 2 rings (SSSR count). The zero-order valence-electron chi connectivity index (χ0n) is 10.7. The van der Waals surface area contributed by atoms with E-state index in [-0.39, 0.29) is 0 Å². The average Bonchev–Trinajstić information content (AvgIpc) is 2.75. The molecule has 0 bridgehead atoms. The van der Waals surface area contributed by atoms with Gasteiger partial charge in [-0.1, -0.05) is 19.8 Å². The van der Waals surface area contributed by atoms with Gasteiger partial charge in [-0.15, -0.1) is 11.3 Å². The van der Waals surface area contributed by atoms with Crippen LogP contribution in [0.15, 0.2) is 5.38 Å². The fourth-order valence-electron chi connectivity index (χ4n) is 2.38. The number of hydrogen-bond donors (Lipinski definition) is 1. The molecule has 1 aliphatic rings. The Morgan fingerprint density at radius 2 is 2.41 bits per heavy atom. The van der Waals surface area contributed by atoms with Crippen molar-refractivity contribution in [3.05, 3.63) is 16.1 Å². The molecule has 1 fully saturated rings. The largest absolute Gasteiger partial charge is 0.372 e. The molecule has 2 unspecified atom stereocenters. The van der Waals surface area contributed by atoms with Gasteiger partial charge >= 0.3 is 0 Å². The van der Waals surface area contributed by atoms with Gasteiger partial charge in [0, 0.05) is 11.9 Å². The van der Waals surface area contributed by atoms with Gasteiger partial charge in [0.05, 0.1) is 18.4 Å². The molecule has 0 spiro atoms. The van der Waals surface area contributed by atoms with E-state index in [9.17, 15) is 0 Å². The summed E-state index contributed by atoms with van der Waals surface area (Å²) in [6.07, 6.45) is 5.57. The van der Waals surface area contributed by atoms with Crippen LogP contribution >= 0.6 is 11.3 Å². The fourth-order valence-corrected chi connectivity index (χ4v) is 3.17. The minimum atomic E-state index is 0.452. The van der Waals surface area contributed by atoms with Gasteiger partial charge in [-0.3, -0.25) is 0 Å². The van der Waals surface area contributed by atoms with Gasteiger partial charge in [0.15, 0.2) is 0 Å². The molecule has 0 saturated heterocycles. The molecule has 1 aromatic rings. The lowest BCUT2D eigenvalue weighted by molar-refractivity contribution is 0.00336. The fraction of sp³-hybridized carbons (Fsp3) is 0.769. The lowest BCUT2D eigenvalue weighted by atomic mass is 9.89. The second-order valence-electron chi connectivity index (χ2n) is 4.97. The Morgan fingerprint density at radius 3 is 3.18 bits per heavy atom. The molecule has 2 atom stereocenters. The molecule has 4 heteroatoms. The second kappa shape index (κ2) is 6.47. The summed E-state index contributed by atoms with van der Waals surface area (Å²) in [5, 5.41) is 6.37. The molecule has 3 nitrogen and oxygen atoms in total. The number of nitrogens with one attached hydrogen (secondary N) is 1. The molecule has 0 radical (unpaired) electrons. The van der Waals surface area contributed by atoms with Gasteiger partial charge in [-0.25, -0.2) is 4.98 Å². The number of aromatic nitrogens is 1. The summed E-state index contributed by atoms with van der Waals surface area (Å²) in [7, 11) is 1.95. The zero-order valence-corrected chi connectivity index (χ0v) is 11.6. The molecular weight excluding hydrogens is 232 g/mol.